The minimum absolute atomic E-state index is 0.620. The van der Waals surface area contributed by atoms with Crippen molar-refractivity contribution in [3.8, 4) is 5.69 Å². The predicted molar refractivity (Wildman–Crippen MR) is 77.9 cm³/mol. The van der Waals surface area contributed by atoms with Crippen molar-refractivity contribution in [1.29, 1.82) is 0 Å². The van der Waals surface area contributed by atoms with E-state index >= 15 is 0 Å². The highest BCUT2D eigenvalue weighted by Crippen LogP contribution is 2.28. The normalized spacial score (nSPS) is 10.4. The molecule has 2 heterocycles. The molecule has 0 radical (unpaired) electrons. The lowest BCUT2D eigenvalue weighted by Crippen LogP contribution is -2.06. The van der Waals surface area contributed by atoms with Crippen LogP contribution in [-0.2, 0) is 6.54 Å². The van der Waals surface area contributed by atoms with E-state index in [4.69, 9.17) is 11.6 Å². The standard InChI is InChI=1S/C14H12ClN5/c15-12-3-1-4-13(14(12)20-6-2-5-19-20)18-9-11-7-16-10-17-8-11/h1-8,10,18H,9H2. The maximum atomic E-state index is 6.28. The van der Waals surface area contributed by atoms with Crippen molar-refractivity contribution in [1.82, 2.24) is 19.7 Å². The van der Waals surface area contributed by atoms with Gasteiger partial charge in [0.1, 0.15) is 12.0 Å². The van der Waals surface area contributed by atoms with Gasteiger partial charge in [-0.2, -0.15) is 5.10 Å². The Balaban J connectivity index is 1.88. The first-order valence-corrected chi connectivity index (χ1v) is 6.48. The molecule has 6 heteroatoms. The number of aromatic nitrogens is 4. The maximum Gasteiger partial charge on any atom is 0.115 e. The van der Waals surface area contributed by atoms with E-state index in [0.29, 0.717) is 11.6 Å². The van der Waals surface area contributed by atoms with E-state index in [-0.39, 0.29) is 0 Å². The fourth-order valence-electron chi connectivity index (χ4n) is 1.91. The Morgan fingerprint density at radius 2 is 2.00 bits per heavy atom. The zero-order valence-electron chi connectivity index (χ0n) is 10.6. The average molecular weight is 286 g/mol. The summed E-state index contributed by atoms with van der Waals surface area (Å²) in [5, 5.41) is 8.21. The molecule has 0 saturated heterocycles. The fraction of sp³-hybridized carbons (Fsp3) is 0.0714. The molecule has 2 aromatic heterocycles. The van der Waals surface area contributed by atoms with Gasteiger partial charge >= 0.3 is 0 Å². The van der Waals surface area contributed by atoms with Crippen molar-refractivity contribution in [3.63, 3.8) is 0 Å². The third-order valence-corrected chi connectivity index (χ3v) is 3.12. The molecule has 1 aromatic carbocycles. The van der Waals surface area contributed by atoms with Gasteiger partial charge in [-0.05, 0) is 18.2 Å². The summed E-state index contributed by atoms with van der Waals surface area (Å²) in [5.41, 5.74) is 2.74. The van der Waals surface area contributed by atoms with Crippen molar-refractivity contribution >= 4 is 17.3 Å². The summed E-state index contributed by atoms with van der Waals surface area (Å²) in [6.07, 6.45) is 8.64. The van der Waals surface area contributed by atoms with Crippen LogP contribution in [0.5, 0.6) is 0 Å². The van der Waals surface area contributed by atoms with Crippen LogP contribution in [0.3, 0.4) is 0 Å². The average Bonchev–Trinajstić information content (AvgIpc) is 3.00. The summed E-state index contributed by atoms with van der Waals surface area (Å²) < 4.78 is 1.74. The van der Waals surface area contributed by atoms with Gasteiger partial charge in [0, 0.05) is 36.9 Å². The fourth-order valence-corrected chi connectivity index (χ4v) is 2.17. The smallest absolute Gasteiger partial charge is 0.115 e. The number of halogens is 1. The summed E-state index contributed by atoms with van der Waals surface area (Å²) in [4.78, 5) is 7.98. The summed E-state index contributed by atoms with van der Waals surface area (Å²) in [6.45, 7) is 0.620. The van der Waals surface area contributed by atoms with Crippen LogP contribution in [0.1, 0.15) is 5.56 Å². The Morgan fingerprint density at radius 1 is 1.15 bits per heavy atom. The Hall–Kier alpha value is -2.40. The molecule has 0 amide bonds. The van der Waals surface area contributed by atoms with E-state index < -0.39 is 0 Å². The van der Waals surface area contributed by atoms with E-state index in [9.17, 15) is 0 Å². The highest BCUT2D eigenvalue weighted by molar-refractivity contribution is 6.33. The molecular formula is C14H12ClN5. The van der Waals surface area contributed by atoms with Crippen LogP contribution in [0.25, 0.3) is 5.69 Å². The molecule has 0 spiro atoms. The first kappa shape index (κ1) is 12.6. The number of benzene rings is 1. The molecule has 3 rings (SSSR count). The van der Waals surface area contributed by atoms with E-state index in [2.05, 4.69) is 20.4 Å². The number of rotatable bonds is 4. The van der Waals surface area contributed by atoms with Gasteiger partial charge in [0.2, 0.25) is 0 Å². The van der Waals surface area contributed by atoms with Crippen LogP contribution in [-0.4, -0.2) is 19.7 Å². The number of nitrogens with one attached hydrogen (secondary N) is 1. The third kappa shape index (κ3) is 2.62. The molecule has 0 aliphatic carbocycles. The Morgan fingerprint density at radius 3 is 2.75 bits per heavy atom. The molecule has 0 atom stereocenters. The van der Waals surface area contributed by atoms with E-state index in [1.165, 1.54) is 6.33 Å². The third-order valence-electron chi connectivity index (χ3n) is 2.82. The highest BCUT2D eigenvalue weighted by Gasteiger charge is 2.09. The van der Waals surface area contributed by atoms with Gasteiger partial charge in [-0.15, -0.1) is 0 Å². The van der Waals surface area contributed by atoms with Crippen LogP contribution in [0, 0.1) is 0 Å². The largest absolute Gasteiger partial charge is 0.379 e. The van der Waals surface area contributed by atoms with Gasteiger partial charge in [0.15, 0.2) is 0 Å². The molecule has 0 unspecified atom stereocenters. The number of para-hydroxylation sites is 1. The van der Waals surface area contributed by atoms with Crippen molar-refractivity contribution < 1.29 is 0 Å². The number of hydrogen-bond acceptors (Lipinski definition) is 4. The Bertz CT molecular complexity index is 682. The van der Waals surface area contributed by atoms with E-state index in [1.54, 1.807) is 23.3 Å². The predicted octanol–water partition coefficient (Wildman–Crippen LogP) is 2.93. The molecule has 0 saturated carbocycles. The van der Waals surface area contributed by atoms with Crippen LogP contribution >= 0.6 is 11.6 Å². The van der Waals surface area contributed by atoms with Gasteiger partial charge in [-0.25, -0.2) is 14.6 Å². The van der Waals surface area contributed by atoms with Crippen LogP contribution < -0.4 is 5.32 Å². The van der Waals surface area contributed by atoms with Crippen LogP contribution in [0.2, 0.25) is 5.02 Å². The lowest BCUT2D eigenvalue weighted by molar-refractivity contribution is 0.879. The summed E-state index contributed by atoms with van der Waals surface area (Å²) in [7, 11) is 0. The summed E-state index contributed by atoms with van der Waals surface area (Å²) in [6, 6.07) is 7.57. The highest BCUT2D eigenvalue weighted by atomic mass is 35.5. The first-order chi connectivity index (χ1) is 9.84. The van der Waals surface area contributed by atoms with Crippen molar-refractivity contribution in [3.05, 3.63) is 66.0 Å². The maximum absolute atomic E-state index is 6.28. The number of hydrogen-bond donors (Lipinski definition) is 1. The zero-order chi connectivity index (χ0) is 13.8. The lowest BCUT2D eigenvalue weighted by Gasteiger charge is -2.13. The summed E-state index contributed by atoms with van der Waals surface area (Å²) >= 11 is 6.28. The second kappa shape index (κ2) is 5.71. The number of nitrogens with zero attached hydrogens (tertiary/aromatic N) is 4. The molecule has 0 aliphatic rings. The molecule has 100 valence electrons. The van der Waals surface area contributed by atoms with Gasteiger partial charge in [-0.3, -0.25) is 0 Å². The van der Waals surface area contributed by atoms with Gasteiger partial charge in [-0.1, -0.05) is 17.7 Å². The molecule has 5 nitrogen and oxygen atoms in total. The van der Waals surface area contributed by atoms with Gasteiger partial charge < -0.3 is 5.32 Å². The molecular weight excluding hydrogens is 274 g/mol. The van der Waals surface area contributed by atoms with E-state index in [1.807, 2.05) is 30.5 Å². The van der Waals surface area contributed by atoms with E-state index in [0.717, 1.165) is 16.9 Å². The minimum Gasteiger partial charge on any atom is -0.379 e. The zero-order valence-corrected chi connectivity index (χ0v) is 11.3. The number of anilines is 1. The Kier molecular flexibility index (Phi) is 3.60. The minimum atomic E-state index is 0.620. The van der Waals surface area contributed by atoms with Crippen LogP contribution in [0.4, 0.5) is 5.69 Å². The first-order valence-electron chi connectivity index (χ1n) is 6.11. The topological polar surface area (TPSA) is 55.6 Å². The lowest BCUT2D eigenvalue weighted by atomic mass is 10.2. The summed E-state index contributed by atoms with van der Waals surface area (Å²) in [5.74, 6) is 0. The molecule has 0 aliphatic heterocycles. The molecule has 0 fully saturated rings. The monoisotopic (exact) mass is 285 g/mol. The second-order valence-corrected chi connectivity index (χ2v) is 4.59. The molecule has 1 N–H and O–H groups in total. The van der Waals surface area contributed by atoms with Gasteiger partial charge in [0.05, 0.1) is 10.7 Å². The van der Waals surface area contributed by atoms with Gasteiger partial charge in [0.25, 0.3) is 0 Å². The molecule has 0 bridgehead atoms. The Labute approximate surface area is 121 Å². The quantitative estimate of drug-likeness (QED) is 0.801. The SMILES string of the molecule is Clc1cccc(NCc2cncnc2)c1-n1cccn1. The second-order valence-electron chi connectivity index (χ2n) is 4.19. The molecule has 20 heavy (non-hydrogen) atoms. The van der Waals surface area contributed by atoms with Crippen LogP contribution in [0.15, 0.2) is 55.4 Å². The molecule has 3 aromatic rings. The van der Waals surface area contributed by atoms with Crippen molar-refractivity contribution in [2.45, 2.75) is 6.54 Å². The van der Waals surface area contributed by atoms with Crippen molar-refractivity contribution in [2.24, 2.45) is 0 Å². The van der Waals surface area contributed by atoms with Crippen molar-refractivity contribution in [2.75, 3.05) is 5.32 Å².